The quantitative estimate of drug-likeness (QED) is 0.369. The van der Waals surface area contributed by atoms with E-state index in [2.05, 4.69) is 10.1 Å². The molecule has 12 heteroatoms. The van der Waals surface area contributed by atoms with Crippen molar-refractivity contribution in [2.45, 2.75) is 25.3 Å². The van der Waals surface area contributed by atoms with Crippen LogP contribution in [0, 0.1) is 11.3 Å². The van der Waals surface area contributed by atoms with Gasteiger partial charge in [0.1, 0.15) is 6.54 Å². The van der Waals surface area contributed by atoms with Crippen molar-refractivity contribution in [3.05, 3.63) is 70.0 Å². The number of pyridine rings is 1. The van der Waals surface area contributed by atoms with Gasteiger partial charge in [0, 0.05) is 30.5 Å². The number of carbonyl (C=O) groups is 3. The van der Waals surface area contributed by atoms with Crippen LogP contribution in [0.15, 0.2) is 53.3 Å². The van der Waals surface area contributed by atoms with Gasteiger partial charge in [0.25, 0.3) is 17.4 Å². The number of carbonyl (C=O) groups excluding carboxylic acids is 3. The van der Waals surface area contributed by atoms with Gasteiger partial charge in [0.2, 0.25) is 0 Å². The summed E-state index contributed by atoms with van der Waals surface area (Å²) in [6.45, 7) is -0.0566. The Morgan fingerprint density at radius 3 is 2.71 bits per heavy atom. The number of hydrogen-bond acceptors (Lipinski definition) is 9. The first kappa shape index (κ1) is 26.5. The smallest absolute Gasteiger partial charge is 0.325 e. The topological polar surface area (TPSA) is 177 Å². The number of nitrogens with two attached hydrogens (primary N) is 1. The fraction of sp³-hybridized carbons (Fsp3) is 0.269. The molecule has 4 rings (SSSR count). The highest BCUT2D eigenvalue weighted by molar-refractivity contribution is 6.04. The number of esters is 1. The lowest BCUT2D eigenvalue weighted by atomic mass is 10.1. The number of methoxy groups -OCH3 is 1. The molecule has 0 bridgehead atoms. The van der Waals surface area contributed by atoms with Crippen molar-refractivity contribution in [3.8, 4) is 6.07 Å². The Hall–Kier alpha value is -4.57. The number of anilines is 2. The fourth-order valence-electron chi connectivity index (χ4n) is 4.19. The molecule has 0 saturated carbocycles. The average Bonchev–Trinajstić information content (AvgIpc) is 2.93. The van der Waals surface area contributed by atoms with Crippen LogP contribution in [-0.4, -0.2) is 59.9 Å². The maximum absolute atomic E-state index is 13.3. The molecule has 2 aromatic carbocycles. The first-order valence-corrected chi connectivity index (χ1v) is 11.6. The molecule has 1 aromatic heterocycles. The van der Waals surface area contributed by atoms with Crippen LogP contribution in [0.3, 0.4) is 0 Å². The SMILES string of the molecule is COC(=O)Cn1c(=O)ccc2ccc(N3CCO[C@H]([C@@H](O)C(=O)Nc4ccc(C#N)c(CN)c4)C3=O)cc21. The van der Waals surface area contributed by atoms with Crippen molar-refractivity contribution in [3.63, 3.8) is 0 Å². The molecule has 2 atom stereocenters. The second kappa shape index (κ2) is 11.2. The number of hydrogen-bond donors (Lipinski definition) is 3. The lowest BCUT2D eigenvalue weighted by molar-refractivity contribution is -0.150. The number of aliphatic hydroxyl groups excluding tert-OH is 1. The zero-order valence-electron chi connectivity index (χ0n) is 20.4. The van der Waals surface area contributed by atoms with Gasteiger partial charge in [-0.3, -0.25) is 23.7 Å². The maximum atomic E-state index is 13.3. The van der Waals surface area contributed by atoms with E-state index in [0.717, 1.165) is 0 Å². The number of aliphatic hydroxyl groups is 1. The Bertz CT molecular complexity index is 1510. The van der Waals surface area contributed by atoms with Crippen molar-refractivity contribution in [1.29, 1.82) is 5.26 Å². The lowest BCUT2D eigenvalue weighted by Gasteiger charge is -2.34. The van der Waals surface area contributed by atoms with Crippen LogP contribution in [-0.2, 0) is 36.9 Å². The third-order valence-electron chi connectivity index (χ3n) is 6.19. The zero-order valence-corrected chi connectivity index (χ0v) is 20.4. The molecule has 1 saturated heterocycles. The van der Waals surface area contributed by atoms with Crippen molar-refractivity contribution in [1.82, 2.24) is 4.57 Å². The summed E-state index contributed by atoms with van der Waals surface area (Å²) in [6.07, 6.45) is -3.32. The van der Waals surface area contributed by atoms with E-state index in [4.69, 9.17) is 15.7 Å². The molecule has 0 aliphatic carbocycles. The molecule has 0 spiro atoms. The van der Waals surface area contributed by atoms with E-state index in [1.54, 1.807) is 24.3 Å². The predicted octanol–water partition coefficient (Wildman–Crippen LogP) is 0.236. The number of nitrogens with one attached hydrogen (secondary N) is 1. The van der Waals surface area contributed by atoms with Crippen LogP contribution in [0.1, 0.15) is 11.1 Å². The molecule has 38 heavy (non-hydrogen) atoms. The number of aromatic nitrogens is 1. The number of nitriles is 1. The number of fused-ring (bicyclic) bond motifs is 1. The summed E-state index contributed by atoms with van der Waals surface area (Å²) < 4.78 is 11.4. The lowest BCUT2D eigenvalue weighted by Crippen LogP contribution is -2.55. The van der Waals surface area contributed by atoms with Crippen LogP contribution in [0.4, 0.5) is 11.4 Å². The largest absolute Gasteiger partial charge is 0.468 e. The van der Waals surface area contributed by atoms with Gasteiger partial charge in [-0.15, -0.1) is 0 Å². The van der Waals surface area contributed by atoms with E-state index < -0.39 is 35.6 Å². The third kappa shape index (κ3) is 5.25. The van der Waals surface area contributed by atoms with Gasteiger partial charge in [-0.05, 0) is 47.3 Å². The Kier molecular flexibility index (Phi) is 7.82. The van der Waals surface area contributed by atoms with Crippen LogP contribution in [0.2, 0.25) is 0 Å². The molecule has 4 N–H and O–H groups in total. The molecule has 2 heterocycles. The molecule has 12 nitrogen and oxygen atoms in total. The van der Waals surface area contributed by atoms with Gasteiger partial charge in [-0.2, -0.15) is 5.26 Å². The highest BCUT2D eigenvalue weighted by Crippen LogP contribution is 2.25. The van der Waals surface area contributed by atoms with Crippen molar-refractivity contribution < 1.29 is 29.0 Å². The van der Waals surface area contributed by atoms with Crippen LogP contribution in [0.25, 0.3) is 10.9 Å². The Labute approximate surface area is 216 Å². The van der Waals surface area contributed by atoms with Crippen LogP contribution in [0.5, 0.6) is 0 Å². The molecule has 0 radical (unpaired) electrons. The summed E-state index contributed by atoms with van der Waals surface area (Å²) in [5.74, 6) is -2.13. The number of amides is 2. The monoisotopic (exact) mass is 519 g/mol. The molecule has 1 fully saturated rings. The average molecular weight is 520 g/mol. The Balaban J connectivity index is 1.57. The highest BCUT2D eigenvalue weighted by atomic mass is 16.5. The van der Waals surface area contributed by atoms with Gasteiger partial charge < -0.3 is 30.5 Å². The summed E-state index contributed by atoms with van der Waals surface area (Å²) >= 11 is 0. The minimum Gasteiger partial charge on any atom is -0.468 e. The summed E-state index contributed by atoms with van der Waals surface area (Å²) in [6, 6.07) is 14.4. The Morgan fingerprint density at radius 2 is 2.00 bits per heavy atom. The molecule has 3 aromatic rings. The molecular weight excluding hydrogens is 494 g/mol. The Morgan fingerprint density at radius 1 is 1.24 bits per heavy atom. The second-order valence-electron chi connectivity index (χ2n) is 8.48. The van der Waals surface area contributed by atoms with Gasteiger partial charge in [-0.1, -0.05) is 6.07 Å². The van der Waals surface area contributed by atoms with E-state index in [-0.39, 0.29) is 26.2 Å². The number of nitrogens with zero attached hydrogens (tertiary/aromatic N) is 3. The van der Waals surface area contributed by atoms with Crippen molar-refractivity contribution in [2.24, 2.45) is 5.73 Å². The first-order chi connectivity index (χ1) is 18.3. The number of ether oxygens (including phenoxy) is 2. The first-order valence-electron chi connectivity index (χ1n) is 11.6. The van der Waals surface area contributed by atoms with E-state index in [1.807, 2.05) is 6.07 Å². The summed E-state index contributed by atoms with van der Waals surface area (Å²) in [5, 5.41) is 23.0. The minimum absolute atomic E-state index is 0.0384. The van der Waals surface area contributed by atoms with E-state index in [9.17, 15) is 24.3 Å². The maximum Gasteiger partial charge on any atom is 0.325 e. The standard InChI is InChI=1S/C26H25N5O7/c1-37-22(33)14-31-20-11-19(6-3-15(20)4-7-21(31)32)30-8-9-38-24(26(30)36)23(34)25(35)29-18-5-2-16(12-27)17(10-18)13-28/h2-7,10-11,23-24,34H,8-9,13-14,28H2,1H3,(H,29,35)/t23-,24-/m1/s1. The number of rotatable bonds is 7. The highest BCUT2D eigenvalue weighted by Gasteiger charge is 2.39. The van der Waals surface area contributed by atoms with Gasteiger partial charge >= 0.3 is 5.97 Å². The molecule has 1 aliphatic rings. The molecule has 196 valence electrons. The third-order valence-corrected chi connectivity index (χ3v) is 6.19. The minimum atomic E-state index is -1.83. The summed E-state index contributed by atoms with van der Waals surface area (Å²) in [5.41, 5.74) is 7.21. The van der Waals surface area contributed by atoms with Crippen LogP contribution >= 0.6 is 0 Å². The van der Waals surface area contributed by atoms with Crippen molar-refractivity contribution >= 4 is 40.1 Å². The summed E-state index contributed by atoms with van der Waals surface area (Å²) in [4.78, 5) is 51.7. The number of morpholine rings is 1. The number of benzene rings is 2. The molecule has 0 unspecified atom stereocenters. The van der Waals surface area contributed by atoms with Gasteiger partial charge in [0.15, 0.2) is 12.2 Å². The molecule has 2 amide bonds. The molecule has 1 aliphatic heterocycles. The predicted molar refractivity (Wildman–Crippen MR) is 136 cm³/mol. The normalized spacial score (nSPS) is 16.1. The summed E-state index contributed by atoms with van der Waals surface area (Å²) in [7, 11) is 1.22. The van der Waals surface area contributed by atoms with E-state index in [0.29, 0.717) is 33.4 Å². The van der Waals surface area contributed by atoms with Crippen LogP contribution < -0.4 is 21.5 Å². The molecular formula is C26H25N5O7. The van der Waals surface area contributed by atoms with Crippen molar-refractivity contribution in [2.75, 3.05) is 30.5 Å². The fourth-order valence-corrected chi connectivity index (χ4v) is 4.19. The second-order valence-corrected chi connectivity index (χ2v) is 8.48. The van der Waals surface area contributed by atoms with E-state index >= 15 is 0 Å². The van der Waals surface area contributed by atoms with E-state index in [1.165, 1.54) is 40.8 Å². The van der Waals surface area contributed by atoms with Gasteiger partial charge in [0.05, 0.1) is 30.9 Å². The zero-order chi connectivity index (χ0) is 27.4. The van der Waals surface area contributed by atoms with Gasteiger partial charge in [-0.25, -0.2) is 0 Å².